The summed E-state index contributed by atoms with van der Waals surface area (Å²) in [6.07, 6.45) is 9.58. The van der Waals surface area contributed by atoms with Gasteiger partial charge in [0.15, 0.2) is 0 Å². The van der Waals surface area contributed by atoms with E-state index in [0.29, 0.717) is 0 Å². The minimum Gasteiger partial charge on any atom is -0.469 e. The van der Waals surface area contributed by atoms with E-state index in [2.05, 4.69) is 4.74 Å². The Kier molecular flexibility index (Phi) is 6.46. The SMILES string of the molecule is C\C=C/C=C(\C=C/C)C(C)C(=O)OC. The molecule has 0 saturated carbocycles. The van der Waals surface area contributed by atoms with Crippen LogP contribution >= 0.6 is 0 Å². The second-order valence-electron chi connectivity index (χ2n) is 2.94. The van der Waals surface area contributed by atoms with Crippen LogP contribution in [0.25, 0.3) is 0 Å². The van der Waals surface area contributed by atoms with Crippen molar-refractivity contribution in [2.75, 3.05) is 7.11 Å². The average molecular weight is 194 g/mol. The first-order chi connectivity index (χ1) is 6.67. The molecule has 2 heteroatoms. The zero-order valence-electron chi connectivity index (χ0n) is 9.28. The standard InChI is InChI=1S/C12H18O2/c1-5-7-9-11(8-6-2)10(3)12(13)14-4/h5-10H,1-4H3/b7-5-,8-6-,11-9+. The van der Waals surface area contributed by atoms with Gasteiger partial charge in [0.1, 0.15) is 0 Å². The number of carbonyl (C=O) groups excluding carboxylic acids is 1. The maximum Gasteiger partial charge on any atom is 0.312 e. The van der Waals surface area contributed by atoms with Gasteiger partial charge in [0.25, 0.3) is 0 Å². The smallest absolute Gasteiger partial charge is 0.312 e. The van der Waals surface area contributed by atoms with E-state index in [1.165, 1.54) is 7.11 Å². The molecular formula is C12H18O2. The maximum absolute atomic E-state index is 11.3. The van der Waals surface area contributed by atoms with Gasteiger partial charge < -0.3 is 4.74 Å². The van der Waals surface area contributed by atoms with Crippen LogP contribution < -0.4 is 0 Å². The summed E-state index contributed by atoms with van der Waals surface area (Å²) in [5.74, 6) is -0.425. The molecule has 1 atom stereocenters. The lowest BCUT2D eigenvalue weighted by Gasteiger charge is -2.09. The average Bonchev–Trinajstić information content (AvgIpc) is 2.22. The third kappa shape index (κ3) is 4.08. The molecule has 0 aromatic carbocycles. The van der Waals surface area contributed by atoms with Crippen LogP contribution in [0.2, 0.25) is 0 Å². The molecule has 0 fully saturated rings. The van der Waals surface area contributed by atoms with Crippen molar-refractivity contribution in [3.8, 4) is 0 Å². The summed E-state index contributed by atoms with van der Waals surface area (Å²) >= 11 is 0. The number of esters is 1. The number of carbonyl (C=O) groups is 1. The molecule has 0 radical (unpaired) electrons. The van der Waals surface area contributed by atoms with Gasteiger partial charge in [-0.15, -0.1) is 0 Å². The molecule has 0 aromatic rings. The molecule has 0 aliphatic rings. The molecule has 0 aliphatic heterocycles. The highest BCUT2D eigenvalue weighted by Gasteiger charge is 2.15. The van der Waals surface area contributed by atoms with Crippen LogP contribution in [-0.4, -0.2) is 13.1 Å². The molecule has 2 nitrogen and oxygen atoms in total. The van der Waals surface area contributed by atoms with Crippen molar-refractivity contribution in [2.45, 2.75) is 20.8 Å². The molecule has 0 heterocycles. The largest absolute Gasteiger partial charge is 0.469 e. The first-order valence-corrected chi connectivity index (χ1v) is 4.70. The summed E-state index contributed by atoms with van der Waals surface area (Å²) in [5, 5.41) is 0. The molecule has 0 amide bonds. The van der Waals surface area contributed by atoms with Crippen LogP contribution in [0.5, 0.6) is 0 Å². The fourth-order valence-corrected chi connectivity index (χ4v) is 1.06. The van der Waals surface area contributed by atoms with E-state index in [1.54, 1.807) is 0 Å². The van der Waals surface area contributed by atoms with E-state index in [9.17, 15) is 4.79 Å². The molecule has 0 rings (SSSR count). The summed E-state index contributed by atoms with van der Waals surface area (Å²) in [6.45, 7) is 5.70. The lowest BCUT2D eigenvalue weighted by atomic mass is 10.0. The molecule has 0 aromatic heterocycles. The summed E-state index contributed by atoms with van der Waals surface area (Å²) in [5.41, 5.74) is 0.956. The van der Waals surface area contributed by atoms with Gasteiger partial charge in [0.2, 0.25) is 0 Å². The maximum atomic E-state index is 11.3. The Morgan fingerprint density at radius 2 is 1.93 bits per heavy atom. The van der Waals surface area contributed by atoms with E-state index in [4.69, 9.17) is 0 Å². The Balaban J connectivity index is 4.73. The Morgan fingerprint density at radius 3 is 2.36 bits per heavy atom. The Hall–Kier alpha value is -1.31. The van der Waals surface area contributed by atoms with Gasteiger partial charge in [-0.25, -0.2) is 0 Å². The summed E-state index contributed by atoms with van der Waals surface area (Å²) in [7, 11) is 1.40. The quantitative estimate of drug-likeness (QED) is 0.508. The molecule has 0 N–H and O–H groups in total. The molecule has 78 valence electrons. The molecule has 14 heavy (non-hydrogen) atoms. The van der Waals surface area contributed by atoms with E-state index < -0.39 is 0 Å². The molecule has 0 aliphatic carbocycles. The number of hydrogen-bond acceptors (Lipinski definition) is 2. The van der Waals surface area contributed by atoms with Gasteiger partial charge in [-0.1, -0.05) is 30.4 Å². The van der Waals surface area contributed by atoms with Crippen LogP contribution in [0.15, 0.2) is 36.0 Å². The minimum atomic E-state index is -0.215. The lowest BCUT2D eigenvalue weighted by Crippen LogP contribution is -2.14. The normalized spacial score (nSPS) is 15.0. The molecule has 1 unspecified atom stereocenters. The van der Waals surface area contributed by atoms with Gasteiger partial charge in [-0.3, -0.25) is 4.79 Å². The van der Waals surface area contributed by atoms with Crippen LogP contribution in [0.3, 0.4) is 0 Å². The third-order valence-electron chi connectivity index (χ3n) is 1.89. The van der Waals surface area contributed by atoms with E-state index in [0.717, 1.165) is 5.57 Å². The fourth-order valence-electron chi connectivity index (χ4n) is 1.06. The Labute approximate surface area is 86.0 Å². The first-order valence-electron chi connectivity index (χ1n) is 4.70. The summed E-state index contributed by atoms with van der Waals surface area (Å²) < 4.78 is 4.68. The summed E-state index contributed by atoms with van der Waals surface area (Å²) in [4.78, 5) is 11.3. The van der Waals surface area contributed by atoms with Crippen LogP contribution in [0.1, 0.15) is 20.8 Å². The van der Waals surface area contributed by atoms with Crippen molar-refractivity contribution in [2.24, 2.45) is 5.92 Å². The van der Waals surface area contributed by atoms with Crippen LogP contribution in [-0.2, 0) is 9.53 Å². The number of ether oxygens (including phenoxy) is 1. The predicted molar refractivity (Wildman–Crippen MR) is 58.9 cm³/mol. The van der Waals surface area contributed by atoms with Gasteiger partial charge in [-0.05, 0) is 26.3 Å². The topological polar surface area (TPSA) is 26.3 Å². The second kappa shape index (κ2) is 7.13. The molecule has 0 bridgehead atoms. The zero-order valence-corrected chi connectivity index (χ0v) is 9.28. The number of methoxy groups -OCH3 is 1. The zero-order chi connectivity index (χ0) is 11.0. The number of hydrogen-bond donors (Lipinski definition) is 0. The highest BCUT2D eigenvalue weighted by molar-refractivity contribution is 5.76. The number of allylic oxidation sites excluding steroid dienone is 5. The van der Waals surface area contributed by atoms with Gasteiger partial charge in [0.05, 0.1) is 13.0 Å². The van der Waals surface area contributed by atoms with Gasteiger partial charge in [-0.2, -0.15) is 0 Å². The van der Waals surface area contributed by atoms with E-state index in [-0.39, 0.29) is 11.9 Å². The highest BCUT2D eigenvalue weighted by Crippen LogP contribution is 2.13. The highest BCUT2D eigenvalue weighted by atomic mass is 16.5. The third-order valence-corrected chi connectivity index (χ3v) is 1.89. The van der Waals surface area contributed by atoms with Crippen molar-refractivity contribution in [1.82, 2.24) is 0 Å². The first kappa shape index (κ1) is 12.7. The Bertz CT molecular complexity index is 259. The molecule has 0 saturated heterocycles. The van der Waals surface area contributed by atoms with Crippen LogP contribution in [0.4, 0.5) is 0 Å². The van der Waals surface area contributed by atoms with Crippen LogP contribution in [0, 0.1) is 5.92 Å². The number of rotatable bonds is 4. The Morgan fingerprint density at radius 1 is 1.29 bits per heavy atom. The van der Waals surface area contributed by atoms with Gasteiger partial charge >= 0.3 is 5.97 Å². The molecular weight excluding hydrogens is 176 g/mol. The lowest BCUT2D eigenvalue weighted by molar-refractivity contribution is -0.143. The van der Waals surface area contributed by atoms with Crippen molar-refractivity contribution in [1.29, 1.82) is 0 Å². The molecule has 0 spiro atoms. The fraction of sp³-hybridized carbons (Fsp3) is 0.417. The van der Waals surface area contributed by atoms with Crippen molar-refractivity contribution < 1.29 is 9.53 Å². The van der Waals surface area contributed by atoms with Crippen molar-refractivity contribution in [3.63, 3.8) is 0 Å². The predicted octanol–water partition coefficient (Wildman–Crippen LogP) is 2.87. The summed E-state index contributed by atoms with van der Waals surface area (Å²) in [6, 6.07) is 0. The van der Waals surface area contributed by atoms with Crippen molar-refractivity contribution >= 4 is 5.97 Å². The second-order valence-corrected chi connectivity index (χ2v) is 2.94. The van der Waals surface area contributed by atoms with Gasteiger partial charge in [0, 0.05) is 0 Å². The minimum absolute atomic E-state index is 0.209. The van der Waals surface area contributed by atoms with E-state index >= 15 is 0 Å². The monoisotopic (exact) mass is 194 g/mol. The van der Waals surface area contributed by atoms with E-state index in [1.807, 2.05) is 51.2 Å². The van der Waals surface area contributed by atoms with Crippen molar-refractivity contribution in [3.05, 3.63) is 36.0 Å².